The minimum Gasteiger partial charge on any atom is -0.366 e. The number of Topliss-reactive ketones (excluding diaryl/α,β-unsaturated/α-hetero) is 2. The van der Waals surface area contributed by atoms with Crippen molar-refractivity contribution in [3.05, 3.63) is 22.8 Å². The highest BCUT2D eigenvalue weighted by atomic mass is 16.5. The van der Waals surface area contributed by atoms with Gasteiger partial charge in [-0.05, 0) is 48.2 Å². The van der Waals surface area contributed by atoms with Gasteiger partial charge in [0, 0.05) is 17.6 Å². The van der Waals surface area contributed by atoms with Crippen LogP contribution in [0.2, 0.25) is 0 Å². The van der Waals surface area contributed by atoms with Crippen LogP contribution in [0.15, 0.2) is 22.8 Å². The number of hydrogen-bond acceptors (Lipinski definition) is 3. The Balaban J connectivity index is 1.80. The van der Waals surface area contributed by atoms with Gasteiger partial charge in [-0.3, -0.25) is 9.59 Å². The summed E-state index contributed by atoms with van der Waals surface area (Å²) in [5, 5.41) is 0. The highest BCUT2D eigenvalue weighted by molar-refractivity contribution is 6.50. The van der Waals surface area contributed by atoms with Crippen molar-refractivity contribution in [3.8, 4) is 0 Å². The van der Waals surface area contributed by atoms with Crippen molar-refractivity contribution in [2.75, 3.05) is 0 Å². The molecular formula is C20H26O3. The van der Waals surface area contributed by atoms with E-state index in [-0.39, 0.29) is 34.6 Å². The van der Waals surface area contributed by atoms with E-state index in [1.807, 2.05) is 19.9 Å². The summed E-state index contributed by atoms with van der Waals surface area (Å²) in [5.74, 6) is 0.0145. The van der Waals surface area contributed by atoms with Gasteiger partial charge in [0.1, 0.15) is 0 Å². The van der Waals surface area contributed by atoms with Crippen molar-refractivity contribution in [1.29, 1.82) is 0 Å². The van der Waals surface area contributed by atoms with Crippen LogP contribution in [0.5, 0.6) is 0 Å². The maximum absolute atomic E-state index is 12.7. The molecule has 23 heavy (non-hydrogen) atoms. The van der Waals surface area contributed by atoms with Gasteiger partial charge in [-0.1, -0.05) is 34.1 Å². The molecule has 3 nitrogen and oxygen atoms in total. The average Bonchev–Trinajstić information content (AvgIpc) is 2.78. The molecule has 0 unspecified atom stereocenters. The number of fused-ring (bicyclic) bond motifs is 2. The van der Waals surface area contributed by atoms with Gasteiger partial charge in [0.15, 0.2) is 0 Å². The van der Waals surface area contributed by atoms with Crippen LogP contribution in [-0.4, -0.2) is 23.3 Å². The van der Waals surface area contributed by atoms with E-state index in [1.165, 1.54) is 6.42 Å². The first-order valence-corrected chi connectivity index (χ1v) is 8.97. The molecule has 124 valence electrons. The van der Waals surface area contributed by atoms with E-state index in [1.54, 1.807) is 0 Å². The summed E-state index contributed by atoms with van der Waals surface area (Å²) in [6.07, 6.45) is 7.01. The van der Waals surface area contributed by atoms with Crippen molar-refractivity contribution >= 4 is 11.6 Å². The third kappa shape index (κ3) is 1.98. The fraction of sp³-hybridized carbons (Fsp3) is 0.700. The van der Waals surface area contributed by atoms with Crippen molar-refractivity contribution < 1.29 is 14.3 Å². The van der Waals surface area contributed by atoms with Crippen molar-refractivity contribution in [3.63, 3.8) is 0 Å². The summed E-state index contributed by atoms with van der Waals surface area (Å²) in [7, 11) is 0. The second-order valence-corrected chi connectivity index (χ2v) is 8.82. The second kappa shape index (κ2) is 4.66. The fourth-order valence-corrected chi connectivity index (χ4v) is 5.49. The first-order valence-electron chi connectivity index (χ1n) is 8.97. The smallest absolute Gasteiger partial charge is 0.229 e. The van der Waals surface area contributed by atoms with E-state index < -0.39 is 0 Å². The molecule has 3 heteroatoms. The highest BCUT2D eigenvalue weighted by Gasteiger charge is 2.60. The molecule has 4 rings (SSSR count). The van der Waals surface area contributed by atoms with Gasteiger partial charge in [0.05, 0.1) is 11.7 Å². The number of carbonyl (C=O) groups is 2. The fourth-order valence-electron chi connectivity index (χ4n) is 5.49. The molecule has 1 saturated carbocycles. The van der Waals surface area contributed by atoms with Crippen LogP contribution in [0.4, 0.5) is 0 Å². The Morgan fingerprint density at radius 2 is 1.91 bits per heavy atom. The van der Waals surface area contributed by atoms with Crippen LogP contribution >= 0.6 is 0 Å². The summed E-state index contributed by atoms with van der Waals surface area (Å²) >= 11 is 0. The third-order valence-corrected chi connectivity index (χ3v) is 6.67. The van der Waals surface area contributed by atoms with Crippen molar-refractivity contribution in [2.24, 2.45) is 17.3 Å². The Labute approximate surface area is 138 Å². The third-order valence-electron chi connectivity index (χ3n) is 6.67. The lowest BCUT2D eigenvalue weighted by atomic mass is 9.60. The van der Waals surface area contributed by atoms with Crippen LogP contribution in [0.25, 0.3) is 0 Å². The zero-order valence-corrected chi connectivity index (χ0v) is 14.6. The lowest BCUT2D eigenvalue weighted by Crippen LogP contribution is -2.49. The van der Waals surface area contributed by atoms with Gasteiger partial charge in [-0.2, -0.15) is 0 Å². The Bertz CT molecular complexity index is 664. The number of hydrogen-bond donors (Lipinski definition) is 0. The lowest BCUT2D eigenvalue weighted by Gasteiger charge is -2.49. The standard InChI is InChI=1S/C20H26O3/c1-11(2)12-8-13-14(18(22)17(12)21)10-20-7-5-6-19(3,4)16(20)9-15(13)23-20/h8,11,15-16H,5-7,9-10H2,1-4H3/t15-,16-,20-/m1/s1. The highest BCUT2D eigenvalue weighted by Crippen LogP contribution is 2.60. The maximum atomic E-state index is 12.7. The minimum atomic E-state index is -0.289. The number of ketones is 2. The molecule has 0 aromatic heterocycles. The molecule has 2 bridgehead atoms. The quantitative estimate of drug-likeness (QED) is 0.546. The largest absolute Gasteiger partial charge is 0.366 e. The molecule has 2 heterocycles. The summed E-state index contributed by atoms with van der Waals surface area (Å²) < 4.78 is 6.54. The van der Waals surface area contributed by atoms with Gasteiger partial charge in [-0.15, -0.1) is 0 Å². The molecule has 0 radical (unpaired) electrons. The molecule has 1 saturated heterocycles. The van der Waals surface area contributed by atoms with E-state index in [4.69, 9.17) is 4.74 Å². The number of carbonyl (C=O) groups excluding carboxylic acids is 2. The number of allylic oxidation sites excluding steroid dienone is 1. The van der Waals surface area contributed by atoms with Gasteiger partial charge < -0.3 is 4.74 Å². The van der Waals surface area contributed by atoms with E-state index in [9.17, 15) is 9.59 Å². The molecule has 2 fully saturated rings. The monoisotopic (exact) mass is 314 g/mol. The van der Waals surface area contributed by atoms with Crippen LogP contribution in [0, 0.1) is 17.3 Å². The summed E-state index contributed by atoms with van der Waals surface area (Å²) in [6.45, 7) is 8.63. The van der Waals surface area contributed by atoms with Gasteiger partial charge in [-0.25, -0.2) is 0 Å². The van der Waals surface area contributed by atoms with Crippen molar-refractivity contribution in [2.45, 2.75) is 71.5 Å². The molecule has 3 atom stereocenters. The Morgan fingerprint density at radius 1 is 1.17 bits per heavy atom. The minimum absolute atomic E-state index is 0.00641. The van der Waals surface area contributed by atoms with Crippen LogP contribution in [0.1, 0.15) is 59.8 Å². The molecule has 0 N–H and O–H groups in total. The molecule has 0 amide bonds. The molecule has 2 aliphatic heterocycles. The van der Waals surface area contributed by atoms with E-state index in [2.05, 4.69) is 13.8 Å². The topological polar surface area (TPSA) is 43.4 Å². The molecule has 2 aliphatic carbocycles. The van der Waals surface area contributed by atoms with Crippen LogP contribution in [-0.2, 0) is 14.3 Å². The van der Waals surface area contributed by atoms with Crippen LogP contribution < -0.4 is 0 Å². The Morgan fingerprint density at radius 3 is 2.61 bits per heavy atom. The summed E-state index contributed by atoms with van der Waals surface area (Å²) in [4.78, 5) is 25.2. The number of rotatable bonds is 1. The molecule has 4 aliphatic rings. The summed E-state index contributed by atoms with van der Waals surface area (Å²) in [6, 6.07) is 0. The zero-order valence-electron chi connectivity index (χ0n) is 14.6. The number of ether oxygens (including phenoxy) is 1. The lowest BCUT2D eigenvalue weighted by molar-refractivity contribution is -0.135. The Kier molecular flexibility index (Phi) is 3.10. The van der Waals surface area contributed by atoms with E-state index >= 15 is 0 Å². The van der Waals surface area contributed by atoms with Gasteiger partial charge in [0.2, 0.25) is 11.6 Å². The summed E-state index contributed by atoms with van der Waals surface area (Å²) in [5.41, 5.74) is 2.47. The predicted octanol–water partition coefficient (Wildman–Crippen LogP) is 3.77. The Hall–Kier alpha value is -1.22. The zero-order chi connectivity index (χ0) is 16.6. The first-order chi connectivity index (χ1) is 10.8. The molecule has 1 spiro atoms. The second-order valence-electron chi connectivity index (χ2n) is 8.82. The van der Waals surface area contributed by atoms with E-state index in [0.717, 1.165) is 30.4 Å². The SMILES string of the molecule is CC(C)C1=CC2=C(C[C@]34CCCC(C)(C)[C@H]3C[C@H]2O4)C(=O)C1=O. The van der Waals surface area contributed by atoms with Crippen molar-refractivity contribution in [1.82, 2.24) is 0 Å². The molecule has 0 aromatic rings. The maximum Gasteiger partial charge on any atom is 0.229 e. The normalized spacial score (nSPS) is 38.6. The molecule has 0 aromatic carbocycles. The van der Waals surface area contributed by atoms with Gasteiger partial charge >= 0.3 is 0 Å². The first kappa shape index (κ1) is 15.3. The molecular weight excluding hydrogens is 288 g/mol. The van der Waals surface area contributed by atoms with E-state index in [0.29, 0.717) is 17.9 Å². The average molecular weight is 314 g/mol. The van der Waals surface area contributed by atoms with Crippen LogP contribution in [0.3, 0.4) is 0 Å². The van der Waals surface area contributed by atoms with Gasteiger partial charge in [0.25, 0.3) is 0 Å². The predicted molar refractivity (Wildman–Crippen MR) is 87.9 cm³/mol.